The third kappa shape index (κ3) is 3.92. The fourth-order valence-electron chi connectivity index (χ4n) is 2.82. The summed E-state index contributed by atoms with van der Waals surface area (Å²) < 4.78 is 26.3. The van der Waals surface area contributed by atoms with Gasteiger partial charge in [-0.1, -0.05) is 23.8 Å². The highest BCUT2D eigenvalue weighted by Gasteiger charge is 2.37. The Morgan fingerprint density at radius 3 is 2.53 bits per heavy atom. The molecule has 1 aliphatic rings. The van der Waals surface area contributed by atoms with Crippen LogP contribution in [0.5, 0.6) is 0 Å². The minimum absolute atomic E-state index is 0.00626. The van der Waals surface area contributed by atoms with Crippen LogP contribution in [0.1, 0.15) is 42.4 Å². The first-order chi connectivity index (χ1) is 8.87. The van der Waals surface area contributed by atoms with Gasteiger partial charge in [0.2, 0.25) is 5.92 Å². The molecule has 0 aliphatic heterocycles. The molecule has 1 atom stereocenters. The van der Waals surface area contributed by atoms with Gasteiger partial charge in [-0.25, -0.2) is 8.78 Å². The Balaban J connectivity index is 1.98. The van der Waals surface area contributed by atoms with Crippen molar-refractivity contribution >= 4 is 11.6 Å². The summed E-state index contributed by atoms with van der Waals surface area (Å²) in [5.41, 5.74) is 3.70. The minimum Gasteiger partial charge on any atom is -0.207 e. The number of aryl methyl sites for hydroxylation is 2. The Hall–Kier alpha value is -0.630. The normalized spacial score (nSPS) is 21.3. The van der Waals surface area contributed by atoms with Crippen LogP contribution < -0.4 is 0 Å². The number of halogens is 3. The molecule has 0 nitrogen and oxygen atoms in total. The molecule has 2 rings (SSSR count). The van der Waals surface area contributed by atoms with Crippen molar-refractivity contribution in [3.05, 3.63) is 34.9 Å². The standard InChI is InChI=1S/C16H21ClF2/c1-11-3-4-12(2)14(9-11)10-15(17)13-5-7-16(18,19)8-6-13/h3-4,9,13,15H,5-8,10H2,1-2H3. The summed E-state index contributed by atoms with van der Waals surface area (Å²) >= 11 is 6.47. The number of alkyl halides is 3. The largest absolute Gasteiger partial charge is 0.248 e. The Morgan fingerprint density at radius 1 is 1.26 bits per heavy atom. The highest BCUT2D eigenvalue weighted by atomic mass is 35.5. The first-order valence-corrected chi connectivity index (χ1v) is 7.39. The molecule has 19 heavy (non-hydrogen) atoms. The van der Waals surface area contributed by atoms with Gasteiger partial charge in [-0.3, -0.25) is 0 Å². The molecule has 0 aromatic heterocycles. The number of rotatable bonds is 3. The van der Waals surface area contributed by atoms with Gasteiger partial charge in [0.1, 0.15) is 0 Å². The Labute approximate surface area is 119 Å². The van der Waals surface area contributed by atoms with E-state index in [1.165, 1.54) is 16.7 Å². The summed E-state index contributed by atoms with van der Waals surface area (Å²) in [5.74, 6) is -2.24. The van der Waals surface area contributed by atoms with Crippen LogP contribution in [0.3, 0.4) is 0 Å². The van der Waals surface area contributed by atoms with Gasteiger partial charge >= 0.3 is 0 Å². The smallest absolute Gasteiger partial charge is 0.207 e. The molecule has 106 valence electrons. The highest BCUT2D eigenvalue weighted by Crippen LogP contribution is 2.39. The predicted octanol–water partition coefficient (Wildman–Crippen LogP) is 5.28. The Kier molecular flexibility index (Phi) is 4.50. The van der Waals surface area contributed by atoms with Gasteiger partial charge in [0.05, 0.1) is 0 Å². The summed E-state index contributed by atoms with van der Waals surface area (Å²) in [6, 6.07) is 6.34. The van der Waals surface area contributed by atoms with Gasteiger partial charge < -0.3 is 0 Å². The van der Waals surface area contributed by atoms with Crippen LogP contribution >= 0.6 is 11.6 Å². The second-order valence-electron chi connectivity index (χ2n) is 5.84. The van der Waals surface area contributed by atoms with E-state index in [1.54, 1.807) is 0 Å². The molecule has 1 aromatic rings. The molecule has 0 heterocycles. The molecule has 1 saturated carbocycles. The van der Waals surface area contributed by atoms with E-state index in [0.29, 0.717) is 12.8 Å². The molecular formula is C16H21ClF2. The zero-order chi connectivity index (χ0) is 14.0. The molecular weight excluding hydrogens is 266 g/mol. The molecule has 1 fully saturated rings. The summed E-state index contributed by atoms with van der Waals surface area (Å²) in [4.78, 5) is 0. The Morgan fingerprint density at radius 2 is 1.89 bits per heavy atom. The second-order valence-corrected chi connectivity index (χ2v) is 6.40. The van der Waals surface area contributed by atoms with Crippen molar-refractivity contribution in [1.29, 1.82) is 0 Å². The van der Waals surface area contributed by atoms with E-state index in [4.69, 9.17) is 11.6 Å². The van der Waals surface area contributed by atoms with E-state index in [1.807, 2.05) is 0 Å². The fourth-order valence-corrected chi connectivity index (χ4v) is 3.24. The van der Waals surface area contributed by atoms with E-state index in [9.17, 15) is 8.78 Å². The maximum absolute atomic E-state index is 13.1. The average Bonchev–Trinajstić information content (AvgIpc) is 2.33. The second kappa shape index (κ2) is 5.78. The topological polar surface area (TPSA) is 0 Å². The van der Waals surface area contributed by atoms with Gasteiger partial charge in [0.25, 0.3) is 0 Å². The van der Waals surface area contributed by atoms with E-state index < -0.39 is 5.92 Å². The molecule has 1 unspecified atom stereocenters. The van der Waals surface area contributed by atoms with E-state index >= 15 is 0 Å². The van der Waals surface area contributed by atoms with Gasteiger partial charge in [0.15, 0.2) is 0 Å². The monoisotopic (exact) mass is 286 g/mol. The van der Waals surface area contributed by atoms with E-state index in [2.05, 4.69) is 32.0 Å². The first kappa shape index (κ1) is 14.8. The third-order valence-corrected chi connectivity index (χ3v) is 4.70. The van der Waals surface area contributed by atoms with Crippen LogP contribution in [-0.4, -0.2) is 11.3 Å². The zero-order valence-corrected chi connectivity index (χ0v) is 12.3. The Bertz CT molecular complexity index is 432. The quantitative estimate of drug-likeness (QED) is 0.663. The molecule has 3 heteroatoms. The molecule has 0 bridgehead atoms. The first-order valence-electron chi connectivity index (χ1n) is 6.95. The number of hydrogen-bond acceptors (Lipinski definition) is 0. The van der Waals surface area contributed by atoms with Crippen molar-refractivity contribution < 1.29 is 8.78 Å². The van der Waals surface area contributed by atoms with Crippen molar-refractivity contribution in [1.82, 2.24) is 0 Å². The van der Waals surface area contributed by atoms with Gasteiger partial charge in [-0.15, -0.1) is 11.6 Å². The van der Waals surface area contributed by atoms with Gasteiger partial charge in [0, 0.05) is 18.2 Å². The molecule has 1 aliphatic carbocycles. The number of benzene rings is 1. The maximum Gasteiger partial charge on any atom is 0.248 e. The van der Waals surface area contributed by atoms with Crippen LogP contribution in [0, 0.1) is 19.8 Å². The molecule has 0 N–H and O–H groups in total. The molecule has 0 spiro atoms. The van der Waals surface area contributed by atoms with Crippen molar-refractivity contribution in [2.45, 2.75) is 57.3 Å². The summed E-state index contributed by atoms with van der Waals surface area (Å²) in [5, 5.41) is -0.0309. The lowest BCUT2D eigenvalue weighted by Crippen LogP contribution is -2.29. The van der Waals surface area contributed by atoms with Crippen LogP contribution in [0.25, 0.3) is 0 Å². The summed E-state index contributed by atoms with van der Waals surface area (Å²) in [6.45, 7) is 4.14. The lowest BCUT2D eigenvalue weighted by atomic mass is 9.82. The molecule has 0 saturated heterocycles. The van der Waals surface area contributed by atoms with Crippen molar-refractivity contribution in [3.63, 3.8) is 0 Å². The van der Waals surface area contributed by atoms with Crippen LogP contribution in [0.2, 0.25) is 0 Å². The van der Waals surface area contributed by atoms with Gasteiger partial charge in [-0.2, -0.15) is 0 Å². The molecule has 0 amide bonds. The van der Waals surface area contributed by atoms with Crippen molar-refractivity contribution in [2.24, 2.45) is 5.92 Å². The van der Waals surface area contributed by atoms with Crippen molar-refractivity contribution in [3.8, 4) is 0 Å². The minimum atomic E-state index is -2.47. The lowest BCUT2D eigenvalue weighted by molar-refractivity contribution is -0.0460. The van der Waals surface area contributed by atoms with E-state index in [-0.39, 0.29) is 24.1 Å². The van der Waals surface area contributed by atoms with Crippen LogP contribution in [-0.2, 0) is 6.42 Å². The summed E-state index contributed by atoms with van der Waals surface area (Å²) in [7, 11) is 0. The summed E-state index contributed by atoms with van der Waals surface area (Å²) in [6.07, 6.45) is 1.87. The van der Waals surface area contributed by atoms with E-state index in [0.717, 1.165) is 6.42 Å². The molecule has 1 aromatic carbocycles. The predicted molar refractivity (Wildman–Crippen MR) is 76.2 cm³/mol. The maximum atomic E-state index is 13.1. The third-order valence-electron chi connectivity index (χ3n) is 4.19. The highest BCUT2D eigenvalue weighted by molar-refractivity contribution is 6.20. The zero-order valence-electron chi connectivity index (χ0n) is 11.6. The van der Waals surface area contributed by atoms with Crippen LogP contribution in [0.15, 0.2) is 18.2 Å². The van der Waals surface area contributed by atoms with Crippen molar-refractivity contribution in [2.75, 3.05) is 0 Å². The molecule has 0 radical (unpaired) electrons. The lowest BCUT2D eigenvalue weighted by Gasteiger charge is -2.31. The SMILES string of the molecule is Cc1ccc(C)c(CC(Cl)C2CCC(F)(F)CC2)c1. The van der Waals surface area contributed by atoms with Crippen LogP contribution in [0.4, 0.5) is 8.78 Å². The number of hydrogen-bond donors (Lipinski definition) is 0. The van der Waals surface area contributed by atoms with Gasteiger partial charge in [-0.05, 0) is 50.2 Å². The average molecular weight is 287 g/mol. The fraction of sp³-hybridized carbons (Fsp3) is 0.625.